The summed E-state index contributed by atoms with van der Waals surface area (Å²) in [6, 6.07) is 7.81. The lowest BCUT2D eigenvalue weighted by Gasteiger charge is -2.30. The van der Waals surface area contributed by atoms with Gasteiger partial charge in [0.1, 0.15) is 0 Å². The summed E-state index contributed by atoms with van der Waals surface area (Å²) in [6.45, 7) is 5.27. The lowest BCUT2D eigenvalue weighted by atomic mass is 10.2. The minimum absolute atomic E-state index is 0.168. The predicted molar refractivity (Wildman–Crippen MR) is 74.4 cm³/mol. The van der Waals surface area contributed by atoms with E-state index in [0.29, 0.717) is 13.0 Å². The fourth-order valence-corrected chi connectivity index (χ4v) is 3.74. The maximum absolute atomic E-state index is 12.3. The van der Waals surface area contributed by atoms with E-state index in [0.717, 1.165) is 17.8 Å². The van der Waals surface area contributed by atoms with Gasteiger partial charge in [-0.2, -0.15) is 0 Å². The van der Waals surface area contributed by atoms with Crippen molar-refractivity contribution in [3.8, 4) is 0 Å². The zero-order chi connectivity index (χ0) is 13.2. The van der Waals surface area contributed by atoms with Crippen molar-refractivity contribution in [1.82, 2.24) is 5.32 Å². The van der Waals surface area contributed by atoms with Gasteiger partial charge in [-0.3, -0.25) is 4.31 Å². The Morgan fingerprint density at radius 2 is 1.94 bits per heavy atom. The van der Waals surface area contributed by atoms with Crippen LogP contribution in [0.2, 0.25) is 0 Å². The van der Waals surface area contributed by atoms with Gasteiger partial charge in [0.15, 0.2) is 0 Å². The first-order chi connectivity index (χ1) is 8.49. The molecule has 1 aromatic carbocycles. The fourth-order valence-electron chi connectivity index (χ4n) is 2.12. The van der Waals surface area contributed by atoms with E-state index in [-0.39, 0.29) is 11.8 Å². The molecule has 0 aliphatic carbocycles. The van der Waals surface area contributed by atoms with Gasteiger partial charge < -0.3 is 5.32 Å². The van der Waals surface area contributed by atoms with E-state index in [1.54, 1.807) is 0 Å². The molecular formula is C13H20N2O2S. The molecule has 18 heavy (non-hydrogen) atoms. The molecule has 1 heterocycles. The van der Waals surface area contributed by atoms with Crippen LogP contribution in [-0.2, 0) is 10.0 Å². The number of nitrogens with one attached hydrogen (secondary N) is 1. The Balaban J connectivity index is 2.33. The number of rotatable bonds is 1. The molecule has 0 amide bonds. The van der Waals surface area contributed by atoms with Crippen LogP contribution in [0.4, 0.5) is 5.69 Å². The van der Waals surface area contributed by atoms with Crippen molar-refractivity contribution in [2.24, 2.45) is 0 Å². The topological polar surface area (TPSA) is 49.4 Å². The van der Waals surface area contributed by atoms with Crippen molar-refractivity contribution in [2.75, 3.05) is 23.1 Å². The van der Waals surface area contributed by atoms with E-state index < -0.39 is 10.0 Å². The molecule has 1 aliphatic rings. The van der Waals surface area contributed by atoms with Crippen LogP contribution in [0.5, 0.6) is 0 Å². The van der Waals surface area contributed by atoms with Crippen molar-refractivity contribution >= 4 is 15.7 Å². The van der Waals surface area contributed by atoms with Crippen LogP contribution < -0.4 is 9.62 Å². The van der Waals surface area contributed by atoms with Crippen LogP contribution in [-0.4, -0.2) is 33.3 Å². The van der Waals surface area contributed by atoms with Crippen molar-refractivity contribution < 1.29 is 8.42 Å². The molecule has 100 valence electrons. The standard InChI is InChI=1S/C13H20N2O2S/c1-11-4-6-13(7-5-11)15-10-12(2)14-8-3-9-18(15,16)17/h4-7,12,14H,3,8-10H2,1-2H3. The lowest BCUT2D eigenvalue weighted by molar-refractivity contribution is 0.523. The normalized spacial score (nSPS) is 24.3. The van der Waals surface area contributed by atoms with Crippen LogP contribution in [0.25, 0.3) is 0 Å². The molecule has 1 aromatic rings. The second-order valence-electron chi connectivity index (χ2n) is 4.89. The molecule has 1 unspecified atom stereocenters. The summed E-state index contributed by atoms with van der Waals surface area (Å²) in [5.74, 6) is 0.209. The van der Waals surface area contributed by atoms with Gasteiger partial charge >= 0.3 is 0 Å². The minimum atomic E-state index is -3.19. The molecule has 0 bridgehead atoms. The van der Waals surface area contributed by atoms with Gasteiger partial charge in [-0.25, -0.2) is 8.42 Å². The Hall–Kier alpha value is -1.07. The molecule has 5 heteroatoms. The zero-order valence-electron chi connectivity index (χ0n) is 10.9. The highest BCUT2D eigenvalue weighted by molar-refractivity contribution is 7.92. The SMILES string of the molecule is Cc1ccc(N2CC(C)NCCCS2(=O)=O)cc1. The first kappa shape index (κ1) is 13.4. The summed E-state index contributed by atoms with van der Waals surface area (Å²) in [4.78, 5) is 0. The number of nitrogens with zero attached hydrogens (tertiary/aromatic N) is 1. The van der Waals surface area contributed by atoms with E-state index >= 15 is 0 Å². The molecule has 0 spiro atoms. The van der Waals surface area contributed by atoms with E-state index in [9.17, 15) is 8.42 Å². The van der Waals surface area contributed by atoms with Crippen molar-refractivity contribution in [1.29, 1.82) is 0 Å². The minimum Gasteiger partial charge on any atom is -0.312 e. The van der Waals surface area contributed by atoms with Gasteiger partial charge in [0.05, 0.1) is 11.4 Å². The van der Waals surface area contributed by atoms with E-state index in [2.05, 4.69) is 5.32 Å². The van der Waals surface area contributed by atoms with Crippen LogP contribution in [0, 0.1) is 6.92 Å². The number of benzene rings is 1. The first-order valence-corrected chi connectivity index (χ1v) is 7.90. The summed E-state index contributed by atoms with van der Waals surface area (Å²) in [5.41, 5.74) is 1.89. The van der Waals surface area contributed by atoms with Crippen LogP contribution in [0.1, 0.15) is 18.9 Å². The first-order valence-electron chi connectivity index (χ1n) is 6.29. The Kier molecular flexibility index (Phi) is 3.92. The fraction of sp³-hybridized carbons (Fsp3) is 0.538. The largest absolute Gasteiger partial charge is 0.312 e. The Morgan fingerprint density at radius 1 is 1.28 bits per heavy atom. The third kappa shape index (κ3) is 3.03. The van der Waals surface area contributed by atoms with E-state index in [1.165, 1.54) is 4.31 Å². The Bertz CT molecular complexity index is 496. The van der Waals surface area contributed by atoms with Crippen LogP contribution in [0.15, 0.2) is 24.3 Å². The van der Waals surface area contributed by atoms with E-state index in [4.69, 9.17) is 0 Å². The van der Waals surface area contributed by atoms with Crippen LogP contribution in [0.3, 0.4) is 0 Å². The number of sulfonamides is 1. The molecule has 0 aromatic heterocycles. The second kappa shape index (κ2) is 5.28. The van der Waals surface area contributed by atoms with Crippen molar-refractivity contribution in [2.45, 2.75) is 26.3 Å². The highest BCUT2D eigenvalue weighted by Gasteiger charge is 2.25. The molecule has 2 rings (SSSR count). The number of hydrogen-bond donors (Lipinski definition) is 1. The molecule has 0 radical (unpaired) electrons. The Labute approximate surface area is 109 Å². The van der Waals surface area contributed by atoms with Gasteiger partial charge in [0, 0.05) is 12.6 Å². The average Bonchev–Trinajstić information content (AvgIpc) is 2.31. The quantitative estimate of drug-likeness (QED) is 0.840. The highest BCUT2D eigenvalue weighted by atomic mass is 32.2. The monoisotopic (exact) mass is 268 g/mol. The number of hydrogen-bond acceptors (Lipinski definition) is 3. The summed E-state index contributed by atoms with van der Waals surface area (Å²) in [7, 11) is -3.19. The molecule has 1 fully saturated rings. The molecule has 1 saturated heterocycles. The number of aryl methyl sites for hydroxylation is 1. The van der Waals surface area contributed by atoms with Gasteiger partial charge in [0.25, 0.3) is 0 Å². The smallest absolute Gasteiger partial charge is 0.235 e. The van der Waals surface area contributed by atoms with Crippen molar-refractivity contribution in [3.63, 3.8) is 0 Å². The van der Waals surface area contributed by atoms with Gasteiger partial charge in [0.2, 0.25) is 10.0 Å². The molecular weight excluding hydrogens is 248 g/mol. The second-order valence-corrected chi connectivity index (χ2v) is 6.90. The third-order valence-electron chi connectivity index (χ3n) is 3.17. The molecule has 0 saturated carbocycles. The Morgan fingerprint density at radius 3 is 2.61 bits per heavy atom. The maximum Gasteiger partial charge on any atom is 0.235 e. The van der Waals surface area contributed by atoms with Gasteiger partial charge in [-0.05, 0) is 38.9 Å². The molecule has 4 nitrogen and oxygen atoms in total. The number of anilines is 1. The summed E-state index contributed by atoms with van der Waals surface area (Å²) in [6.07, 6.45) is 0.662. The molecule has 1 N–H and O–H groups in total. The summed E-state index contributed by atoms with van der Waals surface area (Å²) >= 11 is 0. The summed E-state index contributed by atoms with van der Waals surface area (Å²) in [5, 5.41) is 3.33. The summed E-state index contributed by atoms with van der Waals surface area (Å²) < 4.78 is 26.1. The third-order valence-corrected chi connectivity index (χ3v) is 5.01. The lowest BCUT2D eigenvalue weighted by Crippen LogP contribution is -2.46. The average molecular weight is 268 g/mol. The maximum atomic E-state index is 12.3. The molecule has 1 atom stereocenters. The zero-order valence-corrected chi connectivity index (χ0v) is 11.7. The highest BCUT2D eigenvalue weighted by Crippen LogP contribution is 2.20. The van der Waals surface area contributed by atoms with Gasteiger partial charge in [-0.1, -0.05) is 17.7 Å². The van der Waals surface area contributed by atoms with Crippen LogP contribution >= 0.6 is 0 Å². The van der Waals surface area contributed by atoms with E-state index in [1.807, 2.05) is 38.1 Å². The molecule has 1 aliphatic heterocycles. The predicted octanol–water partition coefficient (Wildman–Crippen LogP) is 1.51. The van der Waals surface area contributed by atoms with Crippen molar-refractivity contribution in [3.05, 3.63) is 29.8 Å². The van der Waals surface area contributed by atoms with Gasteiger partial charge in [-0.15, -0.1) is 0 Å².